The molecule has 6 nitrogen and oxygen atoms in total. The zero-order valence-corrected chi connectivity index (χ0v) is 15.8. The number of hydrogen-bond donors (Lipinski definition) is 1. The van der Waals surface area contributed by atoms with Crippen molar-refractivity contribution >= 4 is 16.9 Å². The van der Waals surface area contributed by atoms with Gasteiger partial charge < -0.3 is 19.4 Å². The van der Waals surface area contributed by atoms with Gasteiger partial charge in [0.05, 0.1) is 6.54 Å². The summed E-state index contributed by atoms with van der Waals surface area (Å²) in [4.78, 5) is 28.6. The van der Waals surface area contributed by atoms with E-state index in [9.17, 15) is 9.59 Å². The summed E-state index contributed by atoms with van der Waals surface area (Å²) < 4.78 is 11.6. The first-order valence-corrected chi connectivity index (χ1v) is 8.99. The molecule has 140 valence electrons. The molecule has 6 heteroatoms. The van der Waals surface area contributed by atoms with E-state index in [1.165, 1.54) is 0 Å². The average molecular weight is 358 g/mol. The molecule has 0 aliphatic carbocycles. The maximum atomic E-state index is 12.3. The summed E-state index contributed by atoms with van der Waals surface area (Å²) in [5, 5.41) is 1.53. The number of carbonyl (C=O) groups excluding carboxylic acids is 1. The highest BCUT2D eigenvalue weighted by molar-refractivity contribution is 5.85. The number of nitrogens with one attached hydrogen (secondary N) is 1. The van der Waals surface area contributed by atoms with Gasteiger partial charge in [-0.15, -0.1) is 0 Å². The summed E-state index contributed by atoms with van der Waals surface area (Å²) in [6.45, 7) is 8.72. The first kappa shape index (κ1) is 18.3. The van der Waals surface area contributed by atoms with Gasteiger partial charge >= 0.3 is 6.09 Å². The van der Waals surface area contributed by atoms with Gasteiger partial charge in [-0.3, -0.25) is 4.79 Å². The van der Waals surface area contributed by atoms with Gasteiger partial charge in [0.1, 0.15) is 17.5 Å². The highest BCUT2D eigenvalue weighted by Gasteiger charge is 2.28. The Hall–Kier alpha value is -2.50. The predicted octanol–water partition coefficient (Wildman–Crippen LogP) is 3.61. The molecule has 1 aliphatic heterocycles. The first-order valence-electron chi connectivity index (χ1n) is 8.99. The number of amides is 1. The highest BCUT2D eigenvalue weighted by atomic mass is 16.6. The molecule has 1 atom stereocenters. The number of H-pyrrole nitrogens is 1. The van der Waals surface area contributed by atoms with Crippen molar-refractivity contribution in [1.82, 2.24) is 9.88 Å². The molecule has 1 fully saturated rings. The summed E-state index contributed by atoms with van der Waals surface area (Å²) in [5.41, 5.74) is 0.378. The molecular formula is C20H26N2O4. The van der Waals surface area contributed by atoms with E-state index in [0.717, 1.165) is 23.8 Å². The van der Waals surface area contributed by atoms with Gasteiger partial charge in [0.25, 0.3) is 5.56 Å². The van der Waals surface area contributed by atoms with Gasteiger partial charge in [0.15, 0.2) is 0 Å². The van der Waals surface area contributed by atoms with Gasteiger partial charge in [-0.05, 0) is 69.7 Å². The van der Waals surface area contributed by atoms with Crippen LogP contribution in [-0.2, 0) is 4.74 Å². The second kappa shape index (κ2) is 7.02. The molecule has 1 N–H and O–H groups in total. The van der Waals surface area contributed by atoms with Crippen molar-refractivity contribution in [3.63, 3.8) is 0 Å². The number of rotatable bonds is 2. The third-order valence-corrected chi connectivity index (χ3v) is 4.41. The van der Waals surface area contributed by atoms with Gasteiger partial charge in [0, 0.05) is 18.1 Å². The molecule has 1 aliphatic rings. The first-order chi connectivity index (χ1) is 12.2. The number of aryl methyl sites for hydroxylation is 1. The smallest absolute Gasteiger partial charge is 0.410 e. The molecule has 0 bridgehead atoms. The number of likely N-dealkylation sites (tertiary alicyclic amines) is 1. The lowest BCUT2D eigenvalue weighted by Gasteiger charge is -2.34. The van der Waals surface area contributed by atoms with Crippen molar-refractivity contribution in [1.29, 1.82) is 0 Å². The number of carbonyl (C=O) groups is 1. The van der Waals surface area contributed by atoms with Gasteiger partial charge in [-0.25, -0.2) is 4.79 Å². The van der Waals surface area contributed by atoms with E-state index in [1.807, 2.05) is 39.8 Å². The van der Waals surface area contributed by atoms with Crippen LogP contribution in [0.3, 0.4) is 0 Å². The molecule has 1 aromatic carbocycles. The van der Waals surface area contributed by atoms with Crippen LogP contribution >= 0.6 is 0 Å². The number of pyridine rings is 1. The van der Waals surface area contributed by atoms with Crippen LogP contribution in [0, 0.1) is 6.92 Å². The number of aromatic nitrogens is 1. The quantitative estimate of drug-likeness (QED) is 0.890. The number of fused-ring (bicyclic) bond motifs is 1. The SMILES string of the molecule is Cc1c[nH]c(=O)c2ccc(O[C@H]3CCCN(C(=O)OC(C)(C)C)C3)cc12. The van der Waals surface area contributed by atoms with Crippen molar-refractivity contribution in [2.75, 3.05) is 13.1 Å². The molecule has 26 heavy (non-hydrogen) atoms. The molecule has 2 aromatic rings. The zero-order chi connectivity index (χ0) is 18.9. The topological polar surface area (TPSA) is 71.6 Å². The molecule has 0 radical (unpaired) electrons. The Balaban J connectivity index is 1.72. The van der Waals surface area contributed by atoms with Crippen LogP contribution in [-0.4, -0.2) is 40.8 Å². The second-order valence-electron chi connectivity index (χ2n) is 7.82. The Kier molecular flexibility index (Phi) is 4.94. The van der Waals surface area contributed by atoms with Crippen molar-refractivity contribution in [2.24, 2.45) is 0 Å². The van der Waals surface area contributed by atoms with E-state index in [-0.39, 0.29) is 17.8 Å². The number of hydrogen-bond acceptors (Lipinski definition) is 4. The fourth-order valence-electron chi connectivity index (χ4n) is 3.17. The van der Waals surface area contributed by atoms with Crippen molar-refractivity contribution in [3.8, 4) is 5.75 Å². The van der Waals surface area contributed by atoms with Crippen molar-refractivity contribution < 1.29 is 14.3 Å². The van der Waals surface area contributed by atoms with Crippen LogP contribution in [0.1, 0.15) is 39.2 Å². The summed E-state index contributed by atoms with van der Waals surface area (Å²) in [6.07, 6.45) is 3.07. The summed E-state index contributed by atoms with van der Waals surface area (Å²) in [6, 6.07) is 5.49. The molecular weight excluding hydrogens is 332 g/mol. The molecule has 0 saturated carbocycles. The number of benzene rings is 1. The fourth-order valence-corrected chi connectivity index (χ4v) is 3.17. The lowest BCUT2D eigenvalue weighted by molar-refractivity contribution is 0.00777. The van der Waals surface area contributed by atoms with Gasteiger partial charge in [0.2, 0.25) is 0 Å². The van der Waals surface area contributed by atoms with E-state index in [0.29, 0.717) is 24.2 Å². The summed E-state index contributed by atoms with van der Waals surface area (Å²) in [7, 11) is 0. The largest absolute Gasteiger partial charge is 0.489 e. The minimum atomic E-state index is -0.506. The van der Waals surface area contributed by atoms with Crippen molar-refractivity contribution in [3.05, 3.63) is 40.3 Å². The molecule has 2 heterocycles. The third kappa shape index (κ3) is 4.18. The van der Waals surface area contributed by atoms with Crippen molar-refractivity contribution in [2.45, 2.75) is 52.2 Å². The van der Waals surface area contributed by atoms with Crippen LogP contribution in [0.4, 0.5) is 4.79 Å². The number of nitrogens with zero attached hydrogens (tertiary/aromatic N) is 1. The molecule has 0 spiro atoms. The number of aromatic amines is 1. The molecule has 1 saturated heterocycles. The minimum Gasteiger partial charge on any atom is -0.489 e. The standard InChI is InChI=1S/C20H26N2O4/c1-13-11-21-18(23)16-8-7-14(10-17(13)16)25-15-6-5-9-22(12-15)19(24)26-20(2,3)4/h7-8,10-11,15H,5-6,9,12H2,1-4H3,(H,21,23)/t15-/m0/s1. The Bertz CT molecular complexity index is 866. The van der Waals surface area contributed by atoms with Crippen LogP contribution in [0.5, 0.6) is 5.75 Å². The summed E-state index contributed by atoms with van der Waals surface area (Å²) >= 11 is 0. The Morgan fingerprint density at radius 2 is 2.04 bits per heavy atom. The van der Waals surface area contributed by atoms with Crippen LogP contribution in [0.15, 0.2) is 29.2 Å². The Labute approximate surface area is 153 Å². The van der Waals surface area contributed by atoms with E-state index in [4.69, 9.17) is 9.47 Å². The lowest BCUT2D eigenvalue weighted by Crippen LogP contribution is -2.46. The van der Waals surface area contributed by atoms with E-state index in [1.54, 1.807) is 17.2 Å². The minimum absolute atomic E-state index is 0.0870. The van der Waals surface area contributed by atoms with E-state index < -0.39 is 5.60 Å². The third-order valence-electron chi connectivity index (χ3n) is 4.41. The fraction of sp³-hybridized carbons (Fsp3) is 0.500. The Morgan fingerprint density at radius 3 is 2.77 bits per heavy atom. The van der Waals surface area contributed by atoms with Gasteiger partial charge in [-0.1, -0.05) is 0 Å². The van der Waals surface area contributed by atoms with E-state index in [2.05, 4.69) is 4.98 Å². The molecule has 1 amide bonds. The van der Waals surface area contributed by atoms with E-state index >= 15 is 0 Å². The predicted molar refractivity (Wildman–Crippen MR) is 101 cm³/mol. The van der Waals surface area contributed by atoms with Gasteiger partial charge in [-0.2, -0.15) is 0 Å². The molecule has 1 aromatic heterocycles. The maximum absolute atomic E-state index is 12.3. The number of ether oxygens (including phenoxy) is 2. The lowest BCUT2D eigenvalue weighted by atomic mass is 10.1. The molecule has 3 rings (SSSR count). The monoisotopic (exact) mass is 358 g/mol. The van der Waals surface area contributed by atoms with Crippen LogP contribution in [0.25, 0.3) is 10.8 Å². The summed E-state index contributed by atoms with van der Waals surface area (Å²) in [5.74, 6) is 0.710. The Morgan fingerprint density at radius 1 is 1.27 bits per heavy atom. The normalized spacial score (nSPS) is 18.0. The number of piperidine rings is 1. The van der Waals surface area contributed by atoms with Crippen LogP contribution < -0.4 is 10.3 Å². The zero-order valence-electron chi connectivity index (χ0n) is 15.8. The maximum Gasteiger partial charge on any atom is 0.410 e. The van der Waals surface area contributed by atoms with Crippen LogP contribution in [0.2, 0.25) is 0 Å². The second-order valence-corrected chi connectivity index (χ2v) is 7.82. The highest BCUT2D eigenvalue weighted by Crippen LogP contribution is 2.24. The molecule has 0 unspecified atom stereocenters. The average Bonchev–Trinajstić information content (AvgIpc) is 2.57.